The van der Waals surface area contributed by atoms with Crippen molar-refractivity contribution in [2.45, 2.75) is 19.5 Å². The lowest BCUT2D eigenvalue weighted by Gasteiger charge is -2.29. The maximum absolute atomic E-state index is 13.1. The zero-order valence-electron chi connectivity index (χ0n) is 16.8. The predicted octanol–water partition coefficient (Wildman–Crippen LogP) is 3.62. The van der Waals surface area contributed by atoms with E-state index in [4.69, 9.17) is 0 Å². The normalized spacial score (nSPS) is 13.1. The predicted molar refractivity (Wildman–Crippen MR) is 121 cm³/mol. The molecular weight excluding hydrogens is 408 g/mol. The number of hydrogen-bond acceptors (Lipinski definition) is 5. The number of aromatic nitrogens is 3. The molecule has 0 N–H and O–H groups in total. The molecule has 0 radical (unpaired) electrons. The topological polar surface area (TPSA) is 68.1 Å². The second-order valence-corrected chi connectivity index (χ2v) is 8.34. The number of amides is 1. The zero-order valence-corrected chi connectivity index (χ0v) is 17.6. The van der Waals surface area contributed by atoms with Gasteiger partial charge in [-0.25, -0.2) is 9.97 Å². The van der Waals surface area contributed by atoms with E-state index in [9.17, 15) is 9.59 Å². The molecule has 0 saturated carbocycles. The number of carbonyl (C=O) groups is 1. The molecule has 3 heterocycles. The minimum Gasteiger partial charge on any atom is -0.336 e. The van der Waals surface area contributed by atoms with Crippen LogP contribution in [0.1, 0.15) is 11.1 Å². The molecule has 0 unspecified atom stereocenters. The fourth-order valence-electron chi connectivity index (χ4n) is 3.80. The first-order chi connectivity index (χ1) is 15.2. The number of carbonyl (C=O) groups excluding carboxylic acids is 1. The maximum Gasteiger partial charge on any atom is 0.264 e. The highest BCUT2D eigenvalue weighted by molar-refractivity contribution is 7.13. The van der Waals surface area contributed by atoms with Crippen molar-refractivity contribution < 1.29 is 4.79 Å². The summed E-state index contributed by atoms with van der Waals surface area (Å²) in [6, 6.07) is 18.0. The molecule has 6 nitrogen and oxygen atoms in total. The van der Waals surface area contributed by atoms with Crippen LogP contribution in [0, 0.1) is 0 Å². The van der Waals surface area contributed by atoms with Gasteiger partial charge >= 0.3 is 0 Å². The Morgan fingerprint density at radius 3 is 2.65 bits per heavy atom. The molecule has 0 bridgehead atoms. The first-order valence-electron chi connectivity index (χ1n) is 10.1. The Kier molecular flexibility index (Phi) is 5.18. The van der Waals surface area contributed by atoms with Crippen molar-refractivity contribution >= 4 is 17.2 Å². The van der Waals surface area contributed by atoms with Crippen molar-refractivity contribution in [1.29, 1.82) is 0 Å². The van der Waals surface area contributed by atoms with E-state index in [2.05, 4.69) is 22.1 Å². The van der Waals surface area contributed by atoms with E-state index in [0.29, 0.717) is 23.7 Å². The first kappa shape index (κ1) is 19.4. The molecule has 1 amide bonds. The summed E-state index contributed by atoms with van der Waals surface area (Å²) in [4.78, 5) is 36.6. The van der Waals surface area contributed by atoms with E-state index in [1.165, 1.54) is 34.0 Å². The average molecular weight is 429 g/mol. The summed E-state index contributed by atoms with van der Waals surface area (Å²) in [5.74, 6) is -0.0836. The van der Waals surface area contributed by atoms with Gasteiger partial charge in [-0.2, -0.15) is 0 Å². The van der Waals surface area contributed by atoms with Crippen molar-refractivity contribution in [3.63, 3.8) is 0 Å². The Hall–Kier alpha value is -3.58. The van der Waals surface area contributed by atoms with Crippen LogP contribution in [0.3, 0.4) is 0 Å². The molecule has 1 aliphatic rings. The van der Waals surface area contributed by atoms with Crippen LogP contribution in [0.4, 0.5) is 0 Å². The smallest absolute Gasteiger partial charge is 0.264 e. The number of benzene rings is 2. The number of thiazole rings is 1. The van der Waals surface area contributed by atoms with Crippen LogP contribution in [-0.4, -0.2) is 31.9 Å². The standard InChI is InChI=1S/C24H20N4O2S/c29-22(27-11-10-17-6-4-5-9-19(17)13-27)14-28-16-25-12-20(24(28)30)23-26-21(15-31-23)18-7-2-1-3-8-18/h1-9,12,15-16H,10-11,13-14H2. The summed E-state index contributed by atoms with van der Waals surface area (Å²) < 4.78 is 1.38. The summed E-state index contributed by atoms with van der Waals surface area (Å²) in [6.07, 6.45) is 3.78. The number of fused-ring (bicyclic) bond motifs is 1. The lowest BCUT2D eigenvalue weighted by atomic mass is 10.00. The molecule has 2 aromatic heterocycles. The molecule has 0 fully saturated rings. The highest BCUT2D eigenvalue weighted by Gasteiger charge is 2.21. The summed E-state index contributed by atoms with van der Waals surface area (Å²) in [6.45, 7) is 1.20. The van der Waals surface area contributed by atoms with Crippen molar-refractivity contribution in [3.8, 4) is 21.8 Å². The summed E-state index contributed by atoms with van der Waals surface area (Å²) >= 11 is 1.40. The van der Waals surface area contributed by atoms with E-state index in [1.54, 1.807) is 4.90 Å². The average Bonchev–Trinajstić information content (AvgIpc) is 3.31. The van der Waals surface area contributed by atoms with Gasteiger partial charge in [0.15, 0.2) is 0 Å². The lowest BCUT2D eigenvalue weighted by molar-refractivity contribution is -0.132. The van der Waals surface area contributed by atoms with E-state index < -0.39 is 0 Å². The minimum atomic E-state index is -0.255. The van der Waals surface area contributed by atoms with E-state index >= 15 is 0 Å². The molecule has 2 aromatic carbocycles. The van der Waals surface area contributed by atoms with Crippen LogP contribution in [0.15, 0.2) is 77.3 Å². The van der Waals surface area contributed by atoms with Crippen LogP contribution in [0.5, 0.6) is 0 Å². The molecule has 1 aliphatic heterocycles. The number of hydrogen-bond donors (Lipinski definition) is 0. The van der Waals surface area contributed by atoms with E-state index in [1.807, 2.05) is 47.8 Å². The molecule has 0 atom stereocenters. The molecule has 5 rings (SSSR count). The van der Waals surface area contributed by atoms with Gasteiger partial charge in [0.1, 0.15) is 11.6 Å². The molecule has 0 spiro atoms. The first-order valence-corrected chi connectivity index (χ1v) is 11.0. The van der Waals surface area contributed by atoms with Crippen LogP contribution < -0.4 is 5.56 Å². The van der Waals surface area contributed by atoms with E-state index in [-0.39, 0.29) is 18.0 Å². The third-order valence-corrected chi connectivity index (χ3v) is 6.37. The van der Waals surface area contributed by atoms with Crippen LogP contribution in [-0.2, 0) is 24.3 Å². The Labute approximate surface area is 183 Å². The molecule has 7 heteroatoms. The SMILES string of the molecule is O=C(Cn1cncc(-c2nc(-c3ccccc3)cs2)c1=O)N1CCc2ccccc2C1. The quantitative estimate of drug-likeness (QED) is 0.498. The second kappa shape index (κ2) is 8.28. The van der Waals surface area contributed by atoms with Gasteiger partial charge in [0.2, 0.25) is 5.91 Å². The molecule has 4 aromatic rings. The van der Waals surface area contributed by atoms with Gasteiger partial charge in [0, 0.05) is 30.2 Å². The highest BCUT2D eigenvalue weighted by atomic mass is 32.1. The van der Waals surface area contributed by atoms with Gasteiger partial charge in [-0.1, -0.05) is 54.6 Å². The second-order valence-electron chi connectivity index (χ2n) is 7.48. The molecule has 0 aliphatic carbocycles. The van der Waals surface area contributed by atoms with Gasteiger partial charge < -0.3 is 4.90 Å². The van der Waals surface area contributed by atoms with Crippen molar-refractivity contribution in [3.05, 3.63) is 94.0 Å². The monoisotopic (exact) mass is 428 g/mol. The molecule has 154 valence electrons. The van der Waals surface area contributed by atoms with Crippen LogP contribution in [0.2, 0.25) is 0 Å². The summed E-state index contributed by atoms with van der Waals surface area (Å²) in [5.41, 5.74) is 4.41. The van der Waals surface area contributed by atoms with Crippen molar-refractivity contribution in [2.75, 3.05) is 6.54 Å². The van der Waals surface area contributed by atoms with Crippen LogP contribution >= 0.6 is 11.3 Å². The van der Waals surface area contributed by atoms with Gasteiger partial charge in [0.25, 0.3) is 5.56 Å². The fourth-order valence-corrected chi connectivity index (χ4v) is 4.63. The molecular formula is C24H20N4O2S. The van der Waals surface area contributed by atoms with Gasteiger partial charge in [0.05, 0.1) is 17.6 Å². The number of rotatable bonds is 4. The largest absolute Gasteiger partial charge is 0.336 e. The van der Waals surface area contributed by atoms with Gasteiger partial charge in [-0.05, 0) is 17.5 Å². The van der Waals surface area contributed by atoms with Crippen molar-refractivity contribution in [1.82, 2.24) is 19.4 Å². The van der Waals surface area contributed by atoms with Crippen molar-refractivity contribution in [2.24, 2.45) is 0 Å². The van der Waals surface area contributed by atoms with Gasteiger partial charge in [-0.3, -0.25) is 14.2 Å². The third-order valence-electron chi connectivity index (χ3n) is 5.49. The Morgan fingerprint density at radius 1 is 1.03 bits per heavy atom. The zero-order chi connectivity index (χ0) is 21.2. The lowest BCUT2D eigenvalue weighted by Crippen LogP contribution is -2.39. The molecule has 0 saturated heterocycles. The Balaban J connectivity index is 1.36. The number of nitrogens with zero attached hydrogens (tertiary/aromatic N) is 4. The minimum absolute atomic E-state index is 0.0290. The summed E-state index contributed by atoms with van der Waals surface area (Å²) in [5, 5.41) is 2.53. The Bertz CT molecular complexity index is 1300. The molecule has 31 heavy (non-hydrogen) atoms. The third kappa shape index (κ3) is 3.92. The van der Waals surface area contributed by atoms with Gasteiger partial charge in [-0.15, -0.1) is 11.3 Å². The summed E-state index contributed by atoms with van der Waals surface area (Å²) in [7, 11) is 0. The maximum atomic E-state index is 13.1. The fraction of sp³-hybridized carbons (Fsp3) is 0.167. The van der Waals surface area contributed by atoms with E-state index in [0.717, 1.165) is 23.2 Å². The van der Waals surface area contributed by atoms with Crippen LogP contribution in [0.25, 0.3) is 21.8 Å². The highest BCUT2D eigenvalue weighted by Crippen LogP contribution is 2.26. The Morgan fingerprint density at radius 2 is 1.81 bits per heavy atom.